The van der Waals surface area contributed by atoms with Crippen molar-refractivity contribution in [3.8, 4) is 0 Å². The van der Waals surface area contributed by atoms with E-state index in [4.69, 9.17) is 21.1 Å². The van der Waals surface area contributed by atoms with Crippen LogP contribution in [-0.2, 0) is 19.1 Å². The third kappa shape index (κ3) is 8.90. The molecule has 1 aromatic heterocycles. The predicted octanol–water partition coefficient (Wildman–Crippen LogP) is 4.11. The van der Waals surface area contributed by atoms with E-state index in [9.17, 15) is 24.0 Å². The van der Waals surface area contributed by atoms with E-state index in [-0.39, 0.29) is 55.5 Å². The lowest BCUT2D eigenvalue weighted by Crippen LogP contribution is -2.43. The quantitative estimate of drug-likeness (QED) is 0.220. The summed E-state index contributed by atoms with van der Waals surface area (Å²) in [6.45, 7) is 3.15. The van der Waals surface area contributed by atoms with Gasteiger partial charge in [0.1, 0.15) is 12.7 Å². The number of cyclic esters (lactones) is 1. The first-order valence-corrected chi connectivity index (χ1v) is 14.7. The zero-order valence-electron chi connectivity index (χ0n) is 22.2. The van der Waals surface area contributed by atoms with Gasteiger partial charge in [-0.2, -0.15) is 0 Å². The lowest BCUT2D eigenvalue weighted by atomic mass is 10.2. The van der Waals surface area contributed by atoms with Gasteiger partial charge in [-0.3, -0.25) is 33.7 Å². The number of rotatable bonds is 11. The van der Waals surface area contributed by atoms with Gasteiger partial charge in [0.15, 0.2) is 0 Å². The van der Waals surface area contributed by atoms with Crippen LogP contribution in [-0.4, -0.2) is 84.1 Å². The van der Waals surface area contributed by atoms with E-state index in [0.717, 1.165) is 28.2 Å². The molecule has 2 aromatic rings. The van der Waals surface area contributed by atoms with E-state index in [0.29, 0.717) is 53.1 Å². The largest absolute Gasteiger partial charge is 0.442 e. The molecule has 0 aliphatic carbocycles. The minimum absolute atomic E-state index is 0. The molecule has 3 heterocycles. The fourth-order valence-corrected chi connectivity index (χ4v) is 5.71. The number of nitrogens with zero attached hydrogens (tertiary/aromatic N) is 3. The van der Waals surface area contributed by atoms with E-state index in [1.807, 2.05) is 0 Å². The fourth-order valence-electron chi connectivity index (χ4n) is 4.26. The monoisotopic (exact) mass is 645 g/mol. The molecular weight excluding hydrogens is 615 g/mol. The molecule has 222 valence electrons. The Bertz CT molecular complexity index is 1260. The molecule has 4 rings (SSSR count). The Morgan fingerprint density at radius 1 is 1.15 bits per heavy atom. The molecular formula is C26H31Cl2N4O7S2+. The number of benzene rings is 1. The van der Waals surface area contributed by atoms with Crippen LogP contribution in [0, 0.1) is 0 Å². The molecule has 2 N–H and O–H groups in total. The molecule has 41 heavy (non-hydrogen) atoms. The molecule has 0 bridgehead atoms. The van der Waals surface area contributed by atoms with Crippen LogP contribution >= 0.6 is 47.3 Å². The highest BCUT2D eigenvalue weighted by Gasteiger charge is 2.36. The second-order valence-electron chi connectivity index (χ2n) is 9.12. The predicted molar refractivity (Wildman–Crippen MR) is 162 cm³/mol. The van der Waals surface area contributed by atoms with Crippen molar-refractivity contribution in [2.45, 2.75) is 32.3 Å². The van der Waals surface area contributed by atoms with Crippen LogP contribution in [0.4, 0.5) is 16.2 Å². The lowest BCUT2D eigenvalue weighted by Gasteiger charge is -2.27. The Labute approximate surface area is 257 Å². The van der Waals surface area contributed by atoms with Gasteiger partial charge < -0.3 is 14.4 Å². The number of hydrogen-bond donors (Lipinski definition) is 1. The van der Waals surface area contributed by atoms with Crippen molar-refractivity contribution in [1.29, 1.82) is 0 Å². The van der Waals surface area contributed by atoms with Crippen molar-refractivity contribution in [3.63, 3.8) is 0 Å². The Morgan fingerprint density at radius 3 is 2.49 bits per heavy atom. The van der Waals surface area contributed by atoms with Crippen LogP contribution in [0.25, 0.3) is 0 Å². The number of morpholine rings is 1. The van der Waals surface area contributed by atoms with Gasteiger partial charge in [-0.1, -0.05) is 11.6 Å². The molecule has 2 fully saturated rings. The molecule has 0 spiro atoms. The minimum Gasteiger partial charge on any atom is -0.442 e. The highest BCUT2D eigenvalue weighted by atomic mass is 35.5. The molecule has 15 heteroatoms. The average Bonchev–Trinajstić information content (AvgIpc) is 3.54. The smallest absolute Gasteiger partial charge is 0.414 e. The maximum absolute atomic E-state index is 13.3. The van der Waals surface area contributed by atoms with E-state index >= 15 is 0 Å². The number of hydrogen-bond acceptors (Lipinski definition) is 9. The summed E-state index contributed by atoms with van der Waals surface area (Å²) in [5.74, 6) is -0.994. The van der Waals surface area contributed by atoms with Crippen LogP contribution in [0.2, 0.25) is 4.34 Å². The van der Waals surface area contributed by atoms with Crippen LogP contribution in [0.3, 0.4) is 0 Å². The molecule has 0 radical (unpaired) electrons. The molecule has 0 unspecified atom stereocenters. The summed E-state index contributed by atoms with van der Waals surface area (Å²) in [4.78, 5) is 65.0. The van der Waals surface area contributed by atoms with Gasteiger partial charge in [0.2, 0.25) is 5.91 Å². The van der Waals surface area contributed by atoms with Gasteiger partial charge in [0, 0.05) is 30.9 Å². The Hall–Kier alpha value is -2.68. The lowest BCUT2D eigenvalue weighted by molar-refractivity contribution is -0.129. The van der Waals surface area contributed by atoms with Crippen LogP contribution in [0.15, 0.2) is 36.4 Å². The van der Waals surface area contributed by atoms with Crippen LogP contribution < -0.4 is 14.5 Å². The first kappa shape index (κ1) is 32.8. The number of nitrogens with one attached hydrogen (secondary N) is 1. The summed E-state index contributed by atoms with van der Waals surface area (Å²) in [7, 11) is 0. The second-order valence-corrected chi connectivity index (χ2v) is 11.9. The second kappa shape index (κ2) is 15.5. The number of unbranched alkanes of at least 4 members (excludes halogenated alkanes) is 1. The normalized spacial score (nSPS) is 16.8. The van der Waals surface area contributed by atoms with Gasteiger partial charge >= 0.3 is 11.2 Å². The first-order valence-electron chi connectivity index (χ1n) is 12.7. The Morgan fingerprint density at radius 2 is 1.85 bits per heavy atom. The first-order chi connectivity index (χ1) is 19.2. The summed E-state index contributed by atoms with van der Waals surface area (Å²) in [6.07, 6.45) is 0.0130. The number of thiophene rings is 1. The standard InChI is InChI=1S/C26H29ClN4O7S2.ClH/c1-17(32)40-28-11-3-2-4-23(33)31(25(35)21-9-10-22(27)39-21)15-20-14-30(26(36)38-20)19-7-5-18(6-8-19)29-12-13-37-16-24(29)34;/h5-10,20,28H,2-4,11-16H2,1H3;1H/p+1/t20-;/m1./s1. The number of anilines is 2. The third-order valence-corrected chi connectivity index (χ3v) is 8.05. The molecule has 2 aliphatic rings. The summed E-state index contributed by atoms with van der Waals surface area (Å²) >= 11 is 8.21. The van der Waals surface area contributed by atoms with Crippen molar-refractivity contribution in [3.05, 3.63) is 45.6 Å². The number of ether oxygens (including phenoxy) is 2. The molecule has 1 aromatic carbocycles. The van der Waals surface area contributed by atoms with Gasteiger partial charge in [-0.15, -0.1) is 23.7 Å². The maximum Gasteiger partial charge on any atom is 0.414 e. The highest BCUT2D eigenvalue weighted by Crippen LogP contribution is 2.27. The van der Waals surface area contributed by atoms with Crippen LogP contribution in [0.1, 0.15) is 35.9 Å². The van der Waals surface area contributed by atoms with Crippen molar-refractivity contribution < 1.29 is 33.4 Å². The third-order valence-electron chi connectivity index (χ3n) is 6.19. The SMILES string of the molecule is CC(=[OH+])SNCCCCC(=O)N(C[C@H]1CN(c2ccc(N3CCOCC3=O)cc2)C(=O)O1)C(=O)c1ccc(Cl)s1.Cl. The number of imide groups is 1. The molecule has 2 aliphatic heterocycles. The zero-order chi connectivity index (χ0) is 28.6. The minimum atomic E-state index is -0.725. The summed E-state index contributed by atoms with van der Waals surface area (Å²) in [6, 6.07) is 10.1. The Kier molecular flexibility index (Phi) is 12.4. The van der Waals surface area contributed by atoms with Gasteiger partial charge in [0.25, 0.3) is 11.8 Å². The van der Waals surface area contributed by atoms with E-state index < -0.39 is 18.1 Å². The van der Waals surface area contributed by atoms with E-state index in [1.165, 1.54) is 4.90 Å². The van der Waals surface area contributed by atoms with Gasteiger partial charge in [0.05, 0.1) is 47.8 Å². The number of halogens is 2. The molecule has 4 amide bonds. The number of carbonyl (C=O) groups is 4. The zero-order valence-corrected chi connectivity index (χ0v) is 25.5. The molecule has 0 saturated carbocycles. The number of carbonyl (C=O) groups excluding carboxylic acids is 5. The van der Waals surface area contributed by atoms with Crippen molar-refractivity contribution in [2.75, 3.05) is 49.2 Å². The van der Waals surface area contributed by atoms with Crippen LogP contribution in [0.5, 0.6) is 0 Å². The van der Waals surface area contributed by atoms with Gasteiger partial charge in [-0.05, 0) is 49.2 Å². The van der Waals surface area contributed by atoms with E-state index in [1.54, 1.807) is 48.2 Å². The molecule has 11 nitrogen and oxygen atoms in total. The molecule has 2 saturated heterocycles. The summed E-state index contributed by atoms with van der Waals surface area (Å²) in [5.41, 5.74) is 1.28. The highest BCUT2D eigenvalue weighted by molar-refractivity contribution is 8.11. The molecule has 1 atom stereocenters. The van der Waals surface area contributed by atoms with Crippen molar-refractivity contribution in [1.82, 2.24) is 9.62 Å². The topological polar surface area (TPSA) is 130 Å². The average molecular weight is 647 g/mol. The summed E-state index contributed by atoms with van der Waals surface area (Å²) < 4.78 is 14.1. The van der Waals surface area contributed by atoms with Crippen molar-refractivity contribution in [2.24, 2.45) is 0 Å². The Balaban J connectivity index is 0.00000462. The maximum atomic E-state index is 13.3. The van der Waals surface area contributed by atoms with Crippen molar-refractivity contribution >= 4 is 87.6 Å². The van der Waals surface area contributed by atoms with Gasteiger partial charge in [-0.25, -0.2) is 4.79 Å². The fraction of sp³-hybridized carbons (Fsp3) is 0.423. The summed E-state index contributed by atoms with van der Waals surface area (Å²) in [5, 5.41) is 0.200. The van der Waals surface area contributed by atoms with E-state index in [2.05, 4.69) is 4.72 Å². The number of amides is 4.